The van der Waals surface area contributed by atoms with Gasteiger partial charge in [0, 0.05) is 16.5 Å². The molecule has 1 heterocycles. The fourth-order valence-corrected chi connectivity index (χ4v) is 10.8. The van der Waals surface area contributed by atoms with Crippen molar-refractivity contribution in [1.82, 2.24) is 4.57 Å². The second kappa shape index (κ2) is 16.6. The highest BCUT2D eigenvalue weighted by Gasteiger charge is 2.26. The fraction of sp³-hybridized carbons (Fsp3) is 0.0149. The first kappa shape index (κ1) is 39.6. The van der Waals surface area contributed by atoms with E-state index < -0.39 is 0 Å². The summed E-state index contributed by atoms with van der Waals surface area (Å²) in [7, 11) is 0. The smallest absolute Gasteiger partial charge is 0.0544 e. The Kier molecular flexibility index (Phi) is 9.65. The van der Waals surface area contributed by atoms with E-state index in [0.29, 0.717) is 0 Å². The van der Waals surface area contributed by atoms with E-state index in [2.05, 4.69) is 265 Å². The molecular formula is C67H45N. The molecule has 0 radical (unpaired) electrons. The van der Waals surface area contributed by atoms with Crippen LogP contribution in [0.25, 0.3) is 117 Å². The van der Waals surface area contributed by atoms with Crippen molar-refractivity contribution in [3.05, 3.63) is 272 Å². The summed E-state index contributed by atoms with van der Waals surface area (Å²) in [6.45, 7) is 0. The number of hydrogen-bond acceptors (Lipinski definition) is 0. The molecular weight excluding hydrogens is 819 g/mol. The summed E-state index contributed by atoms with van der Waals surface area (Å²) in [6, 6.07) is 96.0. The number of benzene rings is 11. The summed E-state index contributed by atoms with van der Waals surface area (Å²) >= 11 is 0. The van der Waals surface area contributed by atoms with E-state index in [4.69, 9.17) is 0 Å². The Morgan fingerprint density at radius 2 is 0.691 bits per heavy atom. The fourth-order valence-electron chi connectivity index (χ4n) is 10.8. The topological polar surface area (TPSA) is 4.93 Å². The van der Waals surface area contributed by atoms with E-state index in [1.54, 1.807) is 0 Å². The highest BCUT2D eigenvalue weighted by molar-refractivity contribution is 6.13. The molecule has 0 bridgehead atoms. The lowest BCUT2D eigenvalue weighted by Gasteiger charge is -2.18. The summed E-state index contributed by atoms with van der Waals surface area (Å²) in [5.41, 5.74) is 25.9. The van der Waals surface area contributed by atoms with Crippen molar-refractivity contribution >= 4 is 21.8 Å². The van der Waals surface area contributed by atoms with Crippen LogP contribution in [0.5, 0.6) is 0 Å². The van der Waals surface area contributed by atoms with Crippen molar-refractivity contribution in [2.75, 3.05) is 0 Å². The normalized spacial score (nSPS) is 11.8. The standard InChI is InChI=1S/C67H45N/c1-6-18-45(19-7-1)51-37-52(46-20-8-2-9-21-46)40-55(39-51)49-30-32-59(63(43-49)56-41-53(47-22-10-3-11-23-47)38-54(42-56)48-24-12-4-13-25-48)50-31-33-60-57(36-50)44-64-61(60)34-35-66-67(64)62-28-16-17-29-65(62)68(66)58-26-14-5-15-27-58/h1-43H,44H2. The quantitative estimate of drug-likeness (QED) is 0.143. The van der Waals surface area contributed by atoms with E-state index in [1.807, 2.05) is 0 Å². The maximum absolute atomic E-state index is 2.47. The van der Waals surface area contributed by atoms with Crippen molar-refractivity contribution in [2.24, 2.45) is 0 Å². The van der Waals surface area contributed by atoms with Gasteiger partial charge in [0.25, 0.3) is 0 Å². The Balaban J connectivity index is 1.00. The molecule has 0 saturated carbocycles. The first-order valence-corrected chi connectivity index (χ1v) is 23.6. The Morgan fingerprint density at radius 3 is 1.25 bits per heavy atom. The molecule has 1 nitrogen and oxygen atoms in total. The van der Waals surface area contributed by atoms with Gasteiger partial charge >= 0.3 is 0 Å². The van der Waals surface area contributed by atoms with Gasteiger partial charge in [-0.05, 0) is 173 Å². The summed E-state index contributed by atoms with van der Waals surface area (Å²) < 4.78 is 2.43. The Labute approximate surface area is 397 Å². The van der Waals surface area contributed by atoms with Crippen molar-refractivity contribution < 1.29 is 0 Å². The SMILES string of the molecule is c1ccc(-c2cc(-c3ccccc3)cc(-c3ccc(-c4ccc5c(c4)Cc4c-5ccc5c4c4ccccc4n5-c4ccccc4)c(-c4cc(-c5ccccc5)cc(-c5ccccc5)c4)c3)c2)cc1. The molecule has 0 saturated heterocycles. The number of fused-ring (bicyclic) bond motifs is 7. The van der Waals surface area contributed by atoms with Crippen LogP contribution in [0.2, 0.25) is 0 Å². The summed E-state index contributed by atoms with van der Waals surface area (Å²) in [5.74, 6) is 0. The van der Waals surface area contributed by atoms with E-state index in [0.717, 1.165) is 6.42 Å². The van der Waals surface area contributed by atoms with Gasteiger partial charge in [-0.15, -0.1) is 0 Å². The van der Waals surface area contributed by atoms with Gasteiger partial charge in [0.2, 0.25) is 0 Å². The highest BCUT2D eigenvalue weighted by atomic mass is 15.0. The maximum atomic E-state index is 2.47. The minimum atomic E-state index is 0.877. The van der Waals surface area contributed by atoms with Gasteiger partial charge in [0.15, 0.2) is 0 Å². The van der Waals surface area contributed by atoms with Crippen molar-refractivity contribution in [3.8, 4) is 94.7 Å². The molecule has 11 aromatic carbocycles. The van der Waals surface area contributed by atoms with Gasteiger partial charge < -0.3 is 4.57 Å². The average Bonchev–Trinajstić information content (AvgIpc) is 3.97. The lowest BCUT2D eigenvalue weighted by atomic mass is 9.86. The Morgan fingerprint density at radius 1 is 0.250 bits per heavy atom. The predicted octanol–water partition coefficient (Wildman–Crippen LogP) is 18.0. The minimum Gasteiger partial charge on any atom is -0.309 e. The van der Waals surface area contributed by atoms with Crippen LogP contribution >= 0.6 is 0 Å². The van der Waals surface area contributed by atoms with Crippen LogP contribution in [0.15, 0.2) is 261 Å². The van der Waals surface area contributed by atoms with Crippen LogP contribution in [0.3, 0.4) is 0 Å². The zero-order valence-electron chi connectivity index (χ0n) is 37.5. The first-order chi connectivity index (χ1) is 33.7. The molecule has 0 atom stereocenters. The van der Waals surface area contributed by atoms with E-state index >= 15 is 0 Å². The molecule has 1 aliphatic rings. The second-order valence-electron chi connectivity index (χ2n) is 18.0. The van der Waals surface area contributed by atoms with Gasteiger partial charge in [0.1, 0.15) is 0 Å². The highest BCUT2D eigenvalue weighted by Crippen LogP contribution is 2.47. The third kappa shape index (κ3) is 6.96. The lowest BCUT2D eigenvalue weighted by molar-refractivity contribution is 1.18. The van der Waals surface area contributed by atoms with Gasteiger partial charge in [-0.25, -0.2) is 0 Å². The third-order valence-electron chi connectivity index (χ3n) is 14.0. The molecule has 0 amide bonds. The molecule has 318 valence electrons. The molecule has 0 fully saturated rings. The van der Waals surface area contributed by atoms with Crippen LogP contribution < -0.4 is 0 Å². The monoisotopic (exact) mass is 863 g/mol. The zero-order valence-corrected chi connectivity index (χ0v) is 37.5. The summed E-state index contributed by atoms with van der Waals surface area (Å²) in [4.78, 5) is 0. The molecule has 12 aromatic rings. The van der Waals surface area contributed by atoms with Crippen molar-refractivity contribution in [3.63, 3.8) is 0 Å². The summed E-state index contributed by atoms with van der Waals surface area (Å²) in [6.07, 6.45) is 0.877. The number of nitrogens with zero attached hydrogens (tertiary/aromatic N) is 1. The molecule has 1 heteroatoms. The Hall–Kier alpha value is -8.78. The van der Waals surface area contributed by atoms with Crippen molar-refractivity contribution in [2.45, 2.75) is 6.42 Å². The Bertz CT molecular complexity index is 3710. The molecule has 13 rings (SSSR count). The lowest BCUT2D eigenvalue weighted by Crippen LogP contribution is -1.93. The van der Waals surface area contributed by atoms with Gasteiger partial charge in [-0.2, -0.15) is 0 Å². The van der Waals surface area contributed by atoms with Crippen molar-refractivity contribution in [1.29, 1.82) is 0 Å². The molecule has 1 aliphatic carbocycles. The molecule has 0 aliphatic heterocycles. The van der Waals surface area contributed by atoms with Gasteiger partial charge in [-0.3, -0.25) is 0 Å². The first-order valence-electron chi connectivity index (χ1n) is 23.6. The maximum Gasteiger partial charge on any atom is 0.0544 e. The molecule has 68 heavy (non-hydrogen) atoms. The predicted molar refractivity (Wildman–Crippen MR) is 287 cm³/mol. The van der Waals surface area contributed by atoms with Gasteiger partial charge in [0.05, 0.1) is 11.0 Å². The van der Waals surface area contributed by atoms with Crippen LogP contribution in [0, 0.1) is 0 Å². The van der Waals surface area contributed by atoms with Crippen LogP contribution in [-0.4, -0.2) is 4.57 Å². The zero-order chi connectivity index (χ0) is 45.0. The number of hydrogen-bond donors (Lipinski definition) is 0. The van der Waals surface area contributed by atoms with Crippen LogP contribution in [0.4, 0.5) is 0 Å². The minimum absolute atomic E-state index is 0.877. The molecule has 1 aromatic heterocycles. The molecule has 0 unspecified atom stereocenters. The number of rotatable bonds is 8. The van der Waals surface area contributed by atoms with E-state index in [9.17, 15) is 0 Å². The second-order valence-corrected chi connectivity index (χ2v) is 18.0. The molecule has 0 N–H and O–H groups in total. The average molecular weight is 864 g/mol. The largest absolute Gasteiger partial charge is 0.309 e. The van der Waals surface area contributed by atoms with E-state index in [-0.39, 0.29) is 0 Å². The number of aromatic nitrogens is 1. The number of para-hydroxylation sites is 2. The summed E-state index contributed by atoms with van der Waals surface area (Å²) in [5, 5.41) is 2.65. The van der Waals surface area contributed by atoms with E-state index in [1.165, 1.54) is 128 Å². The van der Waals surface area contributed by atoms with Crippen LogP contribution in [-0.2, 0) is 6.42 Å². The van der Waals surface area contributed by atoms with Crippen LogP contribution in [0.1, 0.15) is 11.1 Å². The molecule has 0 spiro atoms. The third-order valence-corrected chi connectivity index (χ3v) is 14.0. The van der Waals surface area contributed by atoms with Gasteiger partial charge in [-0.1, -0.05) is 194 Å².